The van der Waals surface area contributed by atoms with Crippen LogP contribution in [0.25, 0.3) is 0 Å². The summed E-state index contributed by atoms with van der Waals surface area (Å²) in [6.45, 7) is 2.80. The third kappa shape index (κ3) is 4.53. The van der Waals surface area contributed by atoms with Crippen LogP contribution in [0.1, 0.15) is 11.4 Å². The van der Waals surface area contributed by atoms with Crippen LogP contribution in [0.2, 0.25) is 0 Å². The van der Waals surface area contributed by atoms with E-state index in [9.17, 15) is 0 Å². The normalized spacial score (nSPS) is 10.2. The molecule has 0 saturated heterocycles. The number of rotatable bonds is 7. The molecule has 0 atom stereocenters. The molecule has 4 nitrogen and oxygen atoms in total. The van der Waals surface area contributed by atoms with Crippen LogP contribution in [0.15, 0.2) is 36.4 Å². The van der Waals surface area contributed by atoms with Crippen LogP contribution in [-0.2, 0) is 5.88 Å². The molecule has 2 rings (SSSR count). The maximum absolute atomic E-state index is 5.86. The van der Waals surface area contributed by atoms with Gasteiger partial charge in [-0.15, -0.1) is 11.6 Å². The molecular weight excluding hydrogens is 290 g/mol. The molecule has 0 aliphatic rings. The molecule has 0 amide bonds. The molecule has 112 valence electrons. The van der Waals surface area contributed by atoms with Crippen LogP contribution in [0.3, 0.4) is 0 Å². The maximum atomic E-state index is 5.86. The van der Waals surface area contributed by atoms with Crippen LogP contribution in [0, 0.1) is 6.92 Å². The summed E-state index contributed by atoms with van der Waals surface area (Å²) in [7, 11) is 1.63. The highest BCUT2D eigenvalue weighted by Crippen LogP contribution is 2.19. The van der Waals surface area contributed by atoms with Gasteiger partial charge < -0.3 is 14.2 Å². The lowest BCUT2D eigenvalue weighted by Crippen LogP contribution is -2.10. The molecule has 0 N–H and O–H groups in total. The molecular formula is C16H18ClNO3. The molecule has 2 aromatic rings. The highest BCUT2D eigenvalue weighted by Gasteiger charge is 2.05. The Bertz CT molecular complexity index is 572. The van der Waals surface area contributed by atoms with E-state index in [-0.39, 0.29) is 0 Å². The largest absolute Gasteiger partial charge is 0.497 e. The fraction of sp³-hybridized carbons (Fsp3) is 0.312. The molecule has 0 aliphatic heterocycles. The quantitative estimate of drug-likeness (QED) is 0.579. The van der Waals surface area contributed by atoms with Gasteiger partial charge >= 0.3 is 0 Å². The molecule has 5 heteroatoms. The van der Waals surface area contributed by atoms with Gasteiger partial charge in [-0.05, 0) is 43.3 Å². The van der Waals surface area contributed by atoms with E-state index in [0.717, 1.165) is 22.9 Å². The second-order valence-electron chi connectivity index (χ2n) is 4.40. The Kier molecular flexibility index (Phi) is 5.69. The average molecular weight is 308 g/mol. The Labute approximate surface area is 129 Å². The van der Waals surface area contributed by atoms with E-state index < -0.39 is 0 Å². The first kappa shape index (κ1) is 15.4. The van der Waals surface area contributed by atoms with Crippen molar-refractivity contribution in [3.8, 4) is 17.2 Å². The fourth-order valence-corrected chi connectivity index (χ4v) is 2.00. The van der Waals surface area contributed by atoms with Gasteiger partial charge in [0.1, 0.15) is 30.5 Å². The third-order valence-corrected chi connectivity index (χ3v) is 3.12. The van der Waals surface area contributed by atoms with E-state index in [4.69, 9.17) is 25.8 Å². The Hall–Kier alpha value is -1.94. The zero-order valence-corrected chi connectivity index (χ0v) is 12.9. The zero-order valence-electron chi connectivity index (χ0n) is 12.1. The molecule has 1 aromatic carbocycles. The standard InChI is InChI=1S/C16H18ClNO3/c1-12-3-8-16(15(11-17)18-12)21-10-9-20-14-6-4-13(19-2)5-7-14/h3-8H,9-11H2,1-2H3. The Morgan fingerprint density at radius 2 is 1.62 bits per heavy atom. The Morgan fingerprint density at radius 1 is 0.952 bits per heavy atom. The summed E-state index contributed by atoms with van der Waals surface area (Å²) in [5.41, 5.74) is 1.67. The van der Waals surface area contributed by atoms with E-state index in [2.05, 4.69) is 4.98 Å². The molecule has 0 radical (unpaired) electrons. The molecule has 1 aromatic heterocycles. The predicted octanol–water partition coefficient (Wildman–Crippen LogP) is 3.60. The molecule has 0 fully saturated rings. The lowest BCUT2D eigenvalue weighted by Gasteiger charge is -2.11. The summed E-state index contributed by atoms with van der Waals surface area (Å²) in [4.78, 5) is 4.34. The van der Waals surface area contributed by atoms with Crippen molar-refractivity contribution < 1.29 is 14.2 Å². The Balaban J connectivity index is 1.81. The van der Waals surface area contributed by atoms with Gasteiger partial charge in [-0.2, -0.15) is 0 Å². The van der Waals surface area contributed by atoms with Crippen molar-refractivity contribution in [2.45, 2.75) is 12.8 Å². The molecule has 0 unspecified atom stereocenters. The number of alkyl halides is 1. The molecule has 21 heavy (non-hydrogen) atoms. The summed E-state index contributed by atoms with van der Waals surface area (Å²) >= 11 is 5.86. The third-order valence-electron chi connectivity index (χ3n) is 2.87. The van der Waals surface area contributed by atoms with Crippen LogP contribution in [0.4, 0.5) is 0 Å². The van der Waals surface area contributed by atoms with Gasteiger partial charge in [0.05, 0.1) is 18.7 Å². The minimum Gasteiger partial charge on any atom is -0.497 e. The Morgan fingerprint density at radius 3 is 2.29 bits per heavy atom. The zero-order chi connectivity index (χ0) is 15.1. The summed E-state index contributed by atoms with van der Waals surface area (Å²) in [5.74, 6) is 2.61. The number of hydrogen-bond acceptors (Lipinski definition) is 4. The molecule has 0 saturated carbocycles. The highest BCUT2D eigenvalue weighted by molar-refractivity contribution is 6.17. The van der Waals surface area contributed by atoms with E-state index in [1.807, 2.05) is 43.3 Å². The van der Waals surface area contributed by atoms with Crippen molar-refractivity contribution in [1.82, 2.24) is 4.98 Å². The van der Waals surface area contributed by atoms with Gasteiger partial charge in [-0.25, -0.2) is 0 Å². The van der Waals surface area contributed by atoms with E-state index in [0.29, 0.717) is 24.8 Å². The van der Waals surface area contributed by atoms with Gasteiger partial charge in [-0.1, -0.05) is 0 Å². The van der Waals surface area contributed by atoms with Crippen LogP contribution >= 0.6 is 11.6 Å². The van der Waals surface area contributed by atoms with Crippen molar-refractivity contribution in [2.24, 2.45) is 0 Å². The molecule has 0 bridgehead atoms. The van der Waals surface area contributed by atoms with Gasteiger partial charge in [0.25, 0.3) is 0 Å². The van der Waals surface area contributed by atoms with E-state index >= 15 is 0 Å². The van der Waals surface area contributed by atoms with Crippen molar-refractivity contribution >= 4 is 11.6 Å². The molecule has 1 heterocycles. The molecule has 0 spiro atoms. The van der Waals surface area contributed by atoms with Gasteiger partial charge in [0.2, 0.25) is 0 Å². The number of benzene rings is 1. The van der Waals surface area contributed by atoms with E-state index in [1.165, 1.54) is 0 Å². The maximum Gasteiger partial charge on any atom is 0.142 e. The summed E-state index contributed by atoms with van der Waals surface area (Å²) in [5, 5.41) is 0. The van der Waals surface area contributed by atoms with Crippen LogP contribution in [0.5, 0.6) is 17.2 Å². The number of hydrogen-bond donors (Lipinski definition) is 0. The monoisotopic (exact) mass is 307 g/mol. The van der Waals surface area contributed by atoms with Crippen molar-refractivity contribution in [3.05, 3.63) is 47.8 Å². The number of methoxy groups -OCH3 is 1. The number of pyridine rings is 1. The van der Waals surface area contributed by atoms with Crippen molar-refractivity contribution in [1.29, 1.82) is 0 Å². The smallest absolute Gasteiger partial charge is 0.142 e. The number of nitrogens with zero attached hydrogens (tertiary/aromatic N) is 1. The topological polar surface area (TPSA) is 40.6 Å². The van der Waals surface area contributed by atoms with Crippen LogP contribution in [-0.4, -0.2) is 25.3 Å². The van der Waals surface area contributed by atoms with Gasteiger partial charge in [-0.3, -0.25) is 4.98 Å². The molecule has 0 aliphatic carbocycles. The second kappa shape index (κ2) is 7.74. The summed E-state index contributed by atoms with van der Waals surface area (Å²) in [6, 6.07) is 11.2. The first-order valence-electron chi connectivity index (χ1n) is 6.65. The average Bonchev–Trinajstić information content (AvgIpc) is 2.53. The van der Waals surface area contributed by atoms with Gasteiger partial charge in [0, 0.05) is 5.69 Å². The minimum absolute atomic E-state index is 0.330. The number of aryl methyl sites for hydroxylation is 1. The SMILES string of the molecule is COc1ccc(OCCOc2ccc(C)nc2CCl)cc1. The van der Waals surface area contributed by atoms with Gasteiger partial charge in [0.15, 0.2) is 0 Å². The fourth-order valence-electron chi connectivity index (χ4n) is 1.81. The first-order chi connectivity index (χ1) is 10.2. The highest BCUT2D eigenvalue weighted by atomic mass is 35.5. The van der Waals surface area contributed by atoms with Crippen molar-refractivity contribution in [3.63, 3.8) is 0 Å². The predicted molar refractivity (Wildman–Crippen MR) is 82.5 cm³/mol. The van der Waals surface area contributed by atoms with Crippen LogP contribution < -0.4 is 14.2 Å². The van der Waals surface area contributed by atoms with Crippen molar-refractivity contribution in [2.75, 3.05) is 20.3 Å². The second-order valence-corrected chi connectivity index (χ2v) is 4.67. The lowest BCUT2D eigenvalue weighted by atomic mass is 10.3. The number of halogens is 1. The van der Waals surface area contributed by atoms with E-state index in [1.54, 1.807) is 7.11 Å². The number of aromatic nitrogens is 1. The minimum atomic E-state index is 0.330. The summed E-state index contributed by atoms with van der Waals surface area (Å²) < 4.78 is 16.3. The number of ether oxygens (including phenoxy) is 3. The lowest BCUT2D eigenvalue weighted by molar-refractivity contribution is 0.215. The summed E-state index contributed by atoms with van der Waals surface area (Å²) in [6.07, 6.45) is 0. The first-order valence-corrected chi connectivity index (χ1v) is 7.18.